The number of benzene rings is 1. The fraction of sp³-hybridized carbons (Fsp3) is 0.471. The van der Waals surface area contributed by atoms with Crippen molar-refractivity contribution in [1.29, 1.82) is 0 Å². The van der Waals surface area contributed by atoms with Crippen LogP contribution in [0.15, 0.2) is 18.2 Å². The molecule has 1 amide bonds. The Labute approximate surface area is 120 Å². The summed E-state index contributed by atoms with van der Waals surface area (Å²) in [6.45, 7) is 4.99. The molecule has 2 rings (SSSR count). The Morgan fingerprint density at radius 2 is 2.30 bits per heavy atom. The molecule has 1 N–H and O–H groups in total. The second-order valence-electron chi connectivity index (χ2n) is 5.29. The molecule has 1 heterocycles. The zero-order valence-electron chi connectivity index (χ0n) is 12.1. The van der Waals surface area contributed by atoms with Crippen molar-refractivity contribution in [2.45, 2.75) is 39.2 Å². The second-order valence-corrected chi connectivity index (χ2v) is 5.29. The quantitative estimate of drug-likeness (QED) is 0.839. The number of carbonyl (C=O) groups excluding carboxylic acids is 1. The summed E-state index contributed by atoms with van der Waals surface area (Å²) < 4.78 is 0. The number of amides is 1. The third-order valence-electron chi connectivity index (χ3n) is 3.76. The van der Waals surface area contributed by atoms with Crippen LogP contribution >= 0.6 is 0 Å². The molecule has 1 fully saturated rings. The van der Waals surface area contributed by atoms with Crippen LogP contribution in [0.3, 0.4) is 0 Å². The lowest BCUT2D eigenvalue weighted by molar-refractivity contribution is 0.0747. The summed E-state index contributed by atoms with van der Waals surface area (Å²) in [7, 11) is 0. The summed E-state index contributed by atoms with van der Waals surface area (Å²) in [6, 6.07) is 6.01. The molecule has 20 heavy (non-hydrogen) atoms. The van der Waals surface area contributed by atoms with E-state index >= 15 is 0 Å². The van der Waals surface area contributed by atoms with Crippen LogP contribution in [-0.4, -0.2) is 35.1 Å². The molecule has 0 bridgehead atoms. The van der Waals surface area contributed by atoms with Gasteiger partial charge in [-0.1, -0.05) is 17.9 Å². The van der Waals surface area contributed by atoms with Gasteiger partial charge in [0.1, 0.15) is 0 Å². The van der Waals surface area contributed by atoms with E-state index in [0.717, 1.165) is 30.5 Å². The van der Waals surface area contributed by atoms with Crippen molar-refractivity contribution in [3.05, 3.63) is 34.9 Å². The molecule has 106 valence electrons. The van der Waals surface area contributed by atoms with Crippen LogP contribution in [0.2, 0.25) is 0 Å². The number of hydrogen-bond donors (Lipinski definition) is 1. The van der Waals surface area contributed by atoms with Crippen molar-refractivity contribution < 1.29 is 9.90 Å². The highest BCUT2D eigenvalue weighted by Gasteiger charge is 2.26. The lowest BCUT2D eigenvalue weighted by Gasteiger charge is -2.21. The minimum absolute atomic E-state index is 0.0654. The van der Waals surface area contributed by atoms with Gasteiger partial charge in [0.15, 0.2) is 0 Å². The average molecular weight is 271 g/mol. The lowest BCUT2D eigenvalue weighted by Crippen LogP contribution is -2.33. The van der Waals surface area contributed by atoms with Crippen LogP contribution in [0, 0.1) is 18.8 Å². The number of hydrogen-bond acceptors (Lipinski definition) is 2. The van der Waals surface area contributed by atoms with Gasteiger partial charge in [0.05, 0.1) is 6.61 Å². The van der Waals surface area contributed by atoms with Gasteiger partial charge in [-0.25, -0.2) is 0 Å². The molecule has 0 aromatic heterocycles. The van der Waals surface area contributed by atoms with Gasteiger partial charge >= 0.3 is 0 Å². The van der Waals surface area contributed by atoms with Gasteiger partial charge in [-0.3, -0.25) is 4.79 Å². The number of rotatable bonds is 2. The summed E-state index contributed by atoms with van der Waals surface area (Å²) in [6.07, 6.45) is 2.63. The number of likely N-dealkylation sites (tertiary alicyclic amines) is 1. The van der Waals surface area contributed by atoms with Crippen LogP contribution in [0.1, 0.15) is 47.7 Å². The Bertz CT molecular complexity index is 554. The van der Waals surface area contributed by atoms with Crippen molar-refractivity contribution in [1.82, 2.24) is 4.90 Å². The van der Waals surface area contributed by atoms with Crippen LogP contribution in [0.4, 0.5) is 0 Å². The SMILES string of the molecule is Cc1ccc(C(=O)N2CCCC2C)cc1C#CCCO. The summed E-state index contributed by atoms with van der Waals surface area (Å²) in [5, 5.41) is 8.77. The van der Waals surface area contributed by atoms with Crippen LogP contribution in [0.25, 0.3) is 0 Å². The number of aryl methyl sites for hydroxylation is 1. The van der Waals surface area contributed by atoms with Gasteiger partial charge in [0, 0.05) is 30.1 Å². The van der Waals surface area contributed by atoms with E-state index in [0.29, 0.717) is 18.0 Å². The lowest BCUT2D eigenvalue weighted by atomic mass is 10.0. The van der Waals surface area contributed by atoms with Crippen molar-refractivity contribution in [3.63, 3.8) is 0 Å². The van der Waals surface area contributed by atoms with E-state index in [9.17, 15) is 4.79 Å². The van der Waals surface area contributed by atoms with E-state index in [2.05, 4.69) is 18.8 Å². The van der Waals surface area contributed by atoms with Gasteiger partial charge in [-0.15, -0.1) is 0 Å². The molecular formula is C17H21NO2. The summed E-state index contributed by atoms with van der Waals surface area (Å²) in [4.78, 5) is 14.4. The van der Waals surface area contributed by atoms with Crippen molar-refractivity contribution in [3.8, 4) is 11.8 Å². The molecular weight excluding hydrogens is 250 g/mol. The zero-order valence-corrected chi connectivity index (χ0v) is 12.1. The molecule has 0 aliphatic carbocycles. The van der Waals surface area contributed by atoms with Gasteiger partial charge in [0.2, 0.25) is 0 Å². The Balaban J connectivity index is 2.23. The first-order valence-electron chi connectivity index (χ1n) is 7.15. The molecule has 0 spiro atoms. The van der Waals surface area contributed by atoms with Crippen molar-refractivity contribution >= 4 is 5.91 Å². The molecule has 1 aromatic carbocycles. The molecule has 1 atom stereocenters. The van der Waals surface area contributed by atoms with E-state index < -0.39 is 0 Å². The van der Waals surface area contributed by atoms with E-state index in [1.807, 2.05) is 30.0 Å². The number of aliphatic hydroxyl groups excluding tert-OH is 1. The molecule has 0 radical (unpaired) electrons. The zero-order chi connectivity index (χ0) is 14.5. The monoisotopic (exact) mass is 271 g/mol. The van der Waals surface area contributed by atoms with Crippen LogP contribution < -0.4 is 0 Å². The smallest absolute Gasteiger partial charge is 0.254 e. The highest BCUT2D eigenvalue weighted by Crippen LogP contribution is 2.20. The van der Waals surface area contributed by atoms with Crippen LogP contribution in [0.5, 0.6) is 0 Å². The Morgan fingerprint density at radius 3 is 2.95 bits per heavy atom. The second kappa shape index (κ2) is 6.58. The Kier molecular flexibility index (Phi) is 4.81. The van der Waals surface area contributed by atoms with E-state index in [1.54, 1.807) is 0 Å². The Hall–Kier alpha value is -1.79. The fourth-order valence-electron chi connectivity index (χ4n) is 2.50. The molecule has 1 aliphatic heterocycles. The first-order chi connectivity index (χ1) is 9.63. The summed E-state index contributed by atoms with van der Waals surface area (Å²) >= 11 is 0. The maximum atomic E-state index is 12.5. The van der Waals surface area contributed by atoms with Gasteiger partial charge in [-0.05, 0) is 44.4 Å². The molecule has 3 nitrogen and oxygen atoms in total. The van der Waals surface area contributed by atoms with Gasteiger partial charge in [-0.2, -0.15) is 0 Å². The predicted octanol–water partition coefficient (Wildman–Crippen LogP) is 2.35. The molecule has 1 aromatic rings. The van der Waals surface area contributed by atoms with E-state index in [1.165, 1.54) is 0 Å². The first kappa shape index (κ1) is 14.6. The third-order valence-corrected chi connectivity index (χ3v) is 3.76. The Morgan fingerprint density at radius 1 is 1.50 bits per heavy atom. The minimum Gasteiger partial charge on any atom is -0.395 e. The topological polar surface area (TPSA) is 40.5 Å². The van der Waals surface area contributed by atoms with Gasteiger partial charge in [0.25, 0.3) is 5.91 Å². The maximum absolute atomic E-state index is 12.5. The molecule has 1 aliphatic rings. The summed E-state index contributed by atoms with van der Waals surface area (Å²) in [5.74, 6) is 6.04. The van der Waals surface area contributed by atoms with Crippen LogP contribution in [-0.2, 0) is 0 Å². The summed E-state index contributed by atoms with van der Waals surface area (Å²) in [5.41, 5.74) is 2.63. The van der Waals surface area contributed by atoms with E-state index in [-0.39, 0.29) is 12.5 Å². The number of carbonyl (C=O) groups is 1. The highest BCUT2D eigenvalue weighted by atomic mass is 16.2. The average Bonchev–Trinajstić information content (AvgIpc) is 2.86. The number of aliphatic hydroxyl groups is 1. The standard InChI is InChI=1S/C17H21NO2/c1-13-8-9-16(12-15(13)7-3-4-11-19)17(20)18-10-5-6-14(18)2/h8-9,12,14,19H,4-6,10-11H2,1-2H3. The predicted molar refractivity (Wildman–Crippen MR) is 79.5 cm³/mol. The molecule has 1 saturated heterocycles. The largest absolute Gasteiger partial charge is 0.395 e. The normalized spacial score (nSPS) is 17.8. The molecule has 3 heteroatoms. The van der Waals surface area contributed by atoms with E-state index in [4.69, 9.17) is 5.11 Å². The highest BCUT2D eigenvalue weighted by molar-refractivity contribution is 5.95. The van der Waals surface area contributed by atoms with Crippen molar-refractivity contribution in [2.24, 2.45) is 0 Å². The maximum Gasteiger partial charge on any atom is 0.254 e. The molecule has 0 saturated carbocycles. The number of nitrogens with zero attached hydrogens (tertiary/aromatic N) is 1. The van der Waals surface area contributed by atoms with Gasteiger partial charge < -0.3 is 10.0 Å². The fourth-order valence-corrected chi connectivity index (χ4v) is 2.50. The third kappa shape index (κ3) is 3.20. The minimum atomic E-state index is 0.0654. The molecule has 1 unspecified atom stereocenters. The van der Waals surface area contributed by atoms with Crippen molar-refractivity contribution in [2.75, 3.05) is 13.2 Å². The first-order valence-corrected chi connectivity index (χ1v) is 7.15.